The smallest absolute Gasteiger partial charge is 0.228 e. The molecule has 1 aromatic rings. The van der Waals surface area contributed by atoms with Crippen molar-refractivity contribution in [2.24, 2.45) is 0 Å². The van der Waals surface area contributed by atoms with Gasteiger partial charge in [0.15, 0.2) is 5.82 Å². The highest BCUT2D eigenvalue weighted by atomic mass is 32.2. The van der Waals surface area contributed by atoms with Crippen LogP contribution in [0.5, 0.6) is 0 Å². The van der Waals surface area contributed by atoms with Gasteiger partial charge in [-0.15, -0.1) is 0 Å². The Bertz CT molecular complexity index is 343. The zero-order valence-electron chi connectivity index (χ0n) is 9.32. The zero-order valence-corrected chi connectivity index (χ0v) is 10.1. The molecule has 2 aliphatic rings. The van der Waals surface area contributed by atoms with Crippen molar-refractivity contribution < 1.29 is 4.52 Å². The average Bonchev–Trinajstić information content (AvgIpc) is 2.99. The van der Waals surface area contributed by atoms with Crippen molar-refractivity contribution in [3.63, 3.8) is 0 Å². The third-order valence-electron chi connectivity index (χ3n) is 3.28. The van der Waals surface area contributed by atoms with Crippen LogP contribution < -0.4 is 5.32 Å². The van der Waals surface area contributed by atoms with Crippen LogP contribution in [-0.2, 0) is 6.42 Å². The van der Waals surface area contributed by atoms with Crippen molar-refractivity contribution in [1.82, 2.24) is 15.5 Å². The molecular weight excluding hydrogens is 222 g/mol. The van der Waals surface area contributed by atoms with Crippen LogP contribution in [0.25, 0.3) is 0 Å². The number of thioether (sulfide) groups is 1. The monoisotopic (exact) mass is 239 g/mol. The number of aromatic nitrogens is 2. The van der Waals surface area contributed by atoms with Crippen molar-refractivity contribution in [3.8, 4) is 0 Å². The second kappa shape index (κ2) is 4.75. The van der Waals surface area contributed by atoms with Gasteiger partial charge in [-0.2, -0.15) is 16.7 Å². The maximum absolute atomic E-state index is 5.32. The molecule has 5 heteroatoms. The van der Waals surface area contributed by atoms with Gasteiger partial charge in [-0.05, 0) is 38.0 Å². The Morgan fingerprint density at radius 2 is 2.38 bits per heavy atom. The van der Waals surface area contributed by atoms with E-state index in [0.717, 1.165) is 24.7 Å². The van der Waals surface area contributed by atoms with Gasteiger partial charge in [-0.25, -0.2) is 0 Å². The number of hydrogen-bond donors (Lipinski definition) is 1. The highest BCUT2D eigenvalue weighted by Crippen LogP contribution is 2.38. The fraction of sp³-hybridized carbons (Fsp3) is 0.818. The summed E-state index contributed by atoms with van der Waals surface area (Å²) in [5, 5.41) is 8.04. The van der Waals surface area contributed by atoms with E-state index < -0.39 is 0 Å². The lowest BCUT2D eigenvalue weighted by atomic mass is 10.1. The zero-order chi connectivity index (χ0) is 10.8. The molecule has 0 aromatic carbocycles. The number of hydrogen-bond acceptors (Lipinski definition) is 5. The Labute approximate surface area is 99.6 Å². The predicted molar refractivity (Wildman–Crippen MR) is 63.5 cm³/mol. The van der Waals surface area contributed by atoms with Crippen LogP contribution in [0.2, 0.25) is 0 Å². The summed E-state index contributed by atoms with van der Waals surface area (Å²) >= 11 is 1.95. The summed E-state index contributed by atoms with van der Waals surface area (Å²) in [5.41, 5.74) is 0. The van der Waals surface area contributed by atoms with E-state index in [9.17, 15) is 0 Å². The molecule has 88 valence electrons. The lowest BCUT2D eigenvalue weighted by Crippen LogP contribution is -2.23. The predicted octanol–water partition coefficient (Wildman–Crippen LogP) is 1.93. The molecule has 16 heavy (non-hydrogen) atoms. The molecule has 2 fully saturated rings. The van der Waals surface area contributed by atoms with Crippen LogP contribution in [0, 0.1) is 0 Å². The van der Waals surface area contributed by atoms with E-state index >= 15 is 0 Å². The molecule has 1 aromatic heterocycles. The van der Waals surface area contributed by atoms with E-state index in [0.29, 0.717) is 11.3 Å². The molecule has 0 aliphatic carbocycles. The van der Waals surface area contributed by atoms with Crippen LogP contribution in [0.15, 0.2) is 4.52 Å². The van der Waals surface area contributed by atoms with E-state index in [1.54, 1.807) is 0 Å². The molecule has 0 amide bonds. The van der Waals surface area contributed by atoms with Crippen molar-refractivity contribution in [1.29, 1.82) is 0 Å². The van der Waals surface area contributed by atoms with Gasteiger partial charge >= 0.3 is 0 Å². The van der Waals surface area contributed by atoms with Crippen LogP contribution in [0.3, 0.4) is 0 Å². The second-order valence-corrected chi connectivity index (χ2v) is 5.86. The van der Waals surface area contributed by atoms with Gasteiger partial charge in [0.2, 0.25) is 5.89 Å². The average molecular weight is 239 g/mol. The Morgan fingerprint density at radius 3 is 3.12 bits per heavy atom. The van der Waals surface area contributed by atoms with E-state index in [2.05, 4.69) is 15.5 Å². The molecule has 2 saturated heterocycles. The minimum atomic E-state index is 0.481. The minimum absolute atomic E-state index is 0.481. The van der Waals surface area contributed by atoms with Crippen LogP contribution >= 0.6 is 11.8 Å². The quantitative estimate of drug-likeness (QED) is 0.873. The number of nitrogens with zero attached hydrogens (tertiary/aromatic N) is 2. The van der Waals surface area contributed by atoms with Gasteiger partial charge in [0.05, 0.1) is 5.25 Å². The van der Waals surface area contributed by atoms with Gasteiger partial charge in [-0.3, -0.25) is 0 Å². The first-order valence-electron chi connectivity index (χ1n) is 6.09. The van der Waals surface area contributed by atoms with Crippen LogP contribution in [0.1, 0.15) is 42.6 Å². The Morgan fingerprint density at radius 1 is 1.38 bits per heavy atom. The first-order chi connectivity index (χ1) is 7.92. The molecular formula is C11H17N3OS. The molecule has 2 aliphatic heterocycles. The molecule has 0 spiro atoms. The standard InChI is InChI=1S/C11H17N3OS/c1-3-8(12-5-1)7-10-13-11(14-15-10)9-4-2-6-16-9/h8-9,12H,1-7H2. The Balaban J connectivity index is 1.62. The first-order valence-corrected chi connectivity index (χ1v) is 7.14. The van der Waals surface area contributed by atoms with E-state index in [1.807, 2.05) is 11.8 Å². The fourth-order valence-corrected chi connectivity index (χ4v) is 3.60. The van der Waals surface area contributed by atoms with Gasteiger partial charge in [0.25, 0.3) is 0 Å². The van der Waals surface area contributed by atoms with Gasteiger partial charge < -0.3 is 9.84 Å². The van der Waals surface area contributed by atoms with Crippen molar-refractivity contribution in [2.75, 3.05) is 12.3 Å². The Hall–Kier alpha value is -0.550. The summed E-state index contributed by atoms with van der Waals surface area (Å²) in [4.78, 5) is 4.52. The van der Waals surface area contributed by atoms with Gasteiger partial charge in [-0.1, -0.05) is 5.16 Å². The summed E-state index contributed by atoms with van der Waals surface area (Å²) in [6.07, 6.45) is 5.87. The highest BCUT2D eigenvalue weighted by molar-refractivity contribution is 7.99. The van der Waals surface area contributed by atoms with Crippen molar-refractivity contribution in [2.45, 2.75) is 43.4 Å². The summed E-state index contributed by atoms with van der Waals surface area (Å²) in [7, 11) is 0. The molecule has 1 N–H and O–H groups in total. The number of nitrogens with one attached hydrogen (secondary N) is 1. The normalized spacial score (nSPS) is 30.0. The van der Waals surface area contributed by atoms with Gasteiger partial charge in [0.1, 0.15) is 0 Å². The van der Waals surface area contributed by atoms with Gasteiger partial charge in [0, 0.05) is 12.5 Å². The van der Waals surface area contributed by atoms with Crippen LogP contribution in [-0.4, -0.2) is 28.5 Å². The van der Waals surface area contributed by atoms with Crippen molar-refractivity contribution in [3.05, 3.63) is 11.7 Å². The molecule has 0 radical (unpaired) electrons. The van der Waals surface area contributed by atoms with E-state index in [1.165, 1.54) is 31.4 Å². The SMILES string of the molecule is C1CNC(Cc2nc(C3CCCS3)no2)C1. The van der Waals surface area contributed by atoms with E-state index in [4.69, 9.17) is 4.52 Å². The largest absolute Gasteiger partial charge is 0.339 e. The lowest BCUT2D eigenvalue weighted by Gasteiger charge is -2.04. The summed E-state index contributed by atoms with van der Waals surface area (Å²) < 4.78 is 5.32. The summed E-state index contributed by atoms with van der Waals surface area (Å²) in [6.45, 7) is 1.13. The summed E-state index contributed by atoms with van der Waals surface area (Å²) in [6, 6.07) is 0.546. The molecule has 0 bridgehead atoms. The topological polar surface area (TPSA) is 51.0 Å². The van der Waals surface area contributed by atoms with Crippen LogP contribution in [0.4, 0.5) is 0 Å². The first kappa shape index (κ1) is 10.6. The maximum Gasteiger partial charge on any atom is 0.228 e. The fourth-order valence-electron chi connectivity index (χ4n) is 2.40. The molecule has 0 saturated carbocycles. The van der Waals surface area contributed by atoms with E-state index in [-0.39, 0.29) is 0 Å². The third kappa shape index (κ3) is 2.25. The van der Waals surface area contributed by atoms with Crippen molar-refractivity contribution >= 4 is 11.8 Å². The molecule has 2 unspecified atom stereocenters. The maximum atomic E-state index is 5.32. The molecule has 2 atom stereocenters. The lowest BCUT2D eigenvalue weighted by molar-refractivity contribution is 0.359. The number of rotatable bonds is 3. The summed E-state index contributed by atoms with van der Waals surface area (Å²) in [5.74, 6) is 2.95. The third-order valence-corrected chi connectivity index (χ3v) is 4.66. The molecule has 4 nitrogen and oxygen atoms in total. The minimum Gasteiger partial charge on any atom is -0.339 e. The second-order valence-electron chi connectivity index (χ2n) is 4.55. The highest BCUT2D eigenvalue weighted by Gasteiger charge is 2.24. The Kier molecular flexibility index (Phi) is 3.15. The molecule has 3 heterocycles. The molecule has 3 rings (SSSR count).